The van der Waals surface area contributed by atoms with E-state index in [-0.39, 0.29) is 5.91 Å². The zero-order valence-corrected chi connectivity index (χ0v) is 9.97. The summed E-state index contributed by atoms with van der Waals surface area (Å²) in [5, 5.41) is 2.85. The molecule has 1 heterocycles. The van der Waals surface area contributed by atoms with E-state index in [2.05, 4.69) is 22.2 Å². The number of carbonyl (C=O) groups is 1. The first kappa shape index (κ1) is 12.7. The van der Waals surface area contributed by atoms with Crippen LogP contribution in [0.25, 0.3) is 0 Å². The number of nitrogens with one attached hydrogen (secondary N) is 2. The molecule has 1 aromatic rings. The fourth-order valence-corrected chi connectivity index (χ4v) is 1.46. The van der Waals surface area contributed by atoms with Gasteiger partial charge in [-0.1, -0.05) is 13.3 Å². The summed E-state index contributed by atoms with van der Waals surface area (Å²) in [6.07, 6.45) is 2.39. The van der Waals surface area contributed by atoms with Crippen LogP contribution in [-0.2, 0) is 17.8 Å². The number of carbonyl (C=O) groups excluding carboxylic acids is 1. The van der Waals surface area contributed by atoms with Crippen LogP contribution in [0.3, 0.4) is 0 Å². The molecule has 0 spiro atoms. The average Bonchev–Trinajstić information content (AvgIpc) is 2.59. The number of aromatic nitrogens is 2. The van der Waals surface area contributed by atoms with Crippen molar-refractivity contribution in [2.75, 3.05) is 6.54 Å². The zero-order chi connectivity index (χ0) is 12.0. The van der Waals surface area contributed by atoms with Crippen molar-refractivity contribution in [1.82, 2.24) is 15.3 Å². The normalized spacial score (nSPS) is 10.4. The number of aryl methyl sites for hydroxylation is 1. The van der Waals surface area contributed by atoms with E-state index in [9.17, 15) is 4.79 Å². The summed E-state index contributed by atoms with van der Waals surface area (Å²) >= 11 is 0. The number of amides is 1. The number of aromatic amines is 1. The van der Waals surface area contributed by atoms with E-state index in [1.807, 2.05) is 6.92 Å². The van der Waals surface area contributed by atoms with Gasteiger partial charge in [-0.2, -0.15) is 0 Å². The highest BCUT2D eigenvalue weighted by Crippen LogP contribution is 2.04. The van der Waals surface area contributed by atoms with Gasteiger partial charge in [0.25, 0.3) is 0 Å². The summed E-state index contributed by atoms with van der Waals surface area (Å²) in [6.45, 7) is 5.14. The summed E-state index contributed by atoms with van der Waals surface area (Å²) in [6, 6.07) is 0. The number of nitrogens with two attached hydrogens (primary N) is 1. The van der Waals surface area contributed by atoms with Gasteiger partial charge in [0.2, 0.25) is 5.91 Å². The van der Waals surface area contributed by atoms with Crippen LogP contribution in [-0.4, -0.2) is 22.4 Å². The van der Waals surface area contributed by atoms with Gasteiger partial charge < -0.3 is 16.0 Å². The third-order valence-corrected chi connectivity index (χ3v) is 2.41. The number of hydrogen-bond acceptors (Lipinski definition) is 3. The molecule has 0 bridgehead atoms. The van der Waals surface area contributed by atoms with Crippen molar-refractivity contribution < 1.29 is 4.79 Å². The van der Waals surface area contributed by atoms with Crippen LogP contribution >= 0.6 is 0 Å². The monoisotopic (exact) mass is 224 g/mol. The average molecular weight is 224 g/mol. The van der Waals surface area contributed by atoms with Crippen molar-refractivity contribution in [2.45, 2.75) is 39.7 Å². The molecule has 0 saturated heterocycles. The van der Waals surface area contributed by atoms with Crippen LogP contribution < -0.4 is 11.1 Å². The van der Waals surface area contributed by atoms with Gasteiger partial charge in [0.15, 0.2) is 0 Å². The second-order valence-corrected chi connectivity index (χ2v) is 3.84. The summed E-state index contributed by atoms with van der Waals surface area (Å²) in [5.41, 5.74) is 7.28. The van der Waals surface area contributed by atoms with Gasteiger partial charge in [0.05, 0.1) is 12.1 Å². The molecule has 0 aromatic carbocycles. The third-order valence-electron chi connectivity index (χ3n) is 2.41. The Kier molecular flexibility index (Phi) is 4.98. The van der Waals surface area contributed by atoms with Crippen LogP contribution in [0, 0.1) is 6.92 Å². The molecule has 0 saturated carbocycles. The molecular formula is C11H20N4O. The molecule has 1 rings (SSSR count). The molecule has 5 nitrogen and oxygen atoms in total. The van der Waals surface area contributed by atoms with E-state index in [4.69, 9.17) is 5.73 Å². The quantitative estimate of drug-likeness (QED) is 0.620. The summed E-state index contributed by atoms with van der Waals surface area (Å²) < 4.78 is 0. The Morgan fingerprint density at radius 1 is 1.56 bits per heavy atom. The lowest BCUT2D eigenvalue weighted by Gasteiger charge is -2.01. The molecule has 1 amide bonds. The fourth-order valence-electron chi connectivity index (χ4n) is 1.46. The Hall–Kier alpha value is -1.36. The lowest BCUT2D eigenvalue weighted by atomic mass is 10.3. The molecule has 16 heavy (non-hydrogen) atoms. The summed E-state index contributed by atoms with van der Waals surface area (Å²) in [4.78, 5) is 18.8. The van der Waals surface area contributed by atoms with Crippen LogP contribution in [0.15, 0.2) is 0 Å². The molecule has 5 heteroatoms. The van der Waals surface area contributed by atoms with Crippen molar-refractivity contribution >= 4 is 5.91 Å². The van der Waals surface area contributed by atoms with Gasteiger partial charge in [0, 0.05) is 18.8 Å². The van der Waals surface area contributed by atoms with Gasteiger partial charge in [-0.15, -0.1) is 0 Å². The van der Waals surface area contributed by atoms with Gasteiger partial charge in [-0.05, 0) is 13.3 Å². The maximum atomic E-state index is 11.5. The van der Waals surface area contributed by atoms with Crippen molar-refractivity contribution in [2.24, 2.45) is 5.73 Å². The second kappa shape index (κ2) is 6.27. The lowest BCUT2D eigenvalue weighted by molar-refractivity contribution is -0.120. The minimum atomic E-state index is 0.00534. The maximum absolute atomic E-state index is 11.5. The van der Waals surface area contributed by atoms with Crippen molar-refractivity contribution in [3.63, 3.8) is 0 Å². The van der Waals surface area contributed by atoms with Gasteiger partial charge in [-0.3, -0.25) is 4.79 Å². The molecular weight excluding hydrogens is 204 g/mol. The van der Waals surface area contributed by atoms with Crippen molar-refractivity contribution in [3.05, 3.63) is 17.2 Å². The molecule has 90 valence electrons. The predicted octanol–water partition coefficient (Wildman–Crippen LogP) is 0.636. The Morgan fingerprint density at radius 3 is 2.88 bits per heavy atom. The van der Waals surface area contributed by atoms with Gasteiger partial charge in [-0.25, -0.2) is 4.98 Å². The van der Waals surface area contributed by atoms with Crippen LogP contribution in [0.5, 0.6) is 0 Å². The predicted molar refractivity (Wildman–Crippen MR) is 62.8 cm³/mol. The van der Waals surface area contributed by atoms with E-state index >= 15 is 0 Å². The first-order valence-electron chi connectivity index (χ1n) is 5.68. The molecule has 1 aromatic heterocycles. The molecule has 0 aliphatic heterocycles. The molecule has 0 aliphatic rings. The van der Waals surface area contributed by atoms with Crippen molar-refractivity contribution in [3.8, 4) is 0 Å². The van der Waals surface area contributed by atoms with Gasteiger partial charge >= 0.3 is 0 Å². The minimum Gasteiger partial charge on any atom is -0.356 e. The largest absolute Gasteiger partial charge is 0.356 e. The smallest absolute Gasteiger partial charge is 0.227 e. The topological polar surface area (TPSA) is 83.8 Å². The lowest BCUT2D eigenvalue weighted by Crippen LogP contribution is -2.26. The zero-order valence-electron chi connectivity index (χ0n) is 9.97. The standard InChI is InChI=1S/C11H20N4O/c1-3-4-5-13-11(16)6-10-14-8(2)9(7-12)15-10/h3-7,12H2,1-2H3,(H,13,16)(H,14,15). The first-order valence-corrected chi connectivity index (χ1v) is 5.68. The Balaban J connectivity index is 2.43. The first-order chi connectivity index (χ1) is 7.67. The number of hydrogen-bond donors (Lipinski definition) is 3. The van der Waals surface area contributed by atoms with E-state index in [1.54, 1.807) is 0 Å². The summed E-state index contributed by atoms with van der Waals surface area (Å²) in [7, 11) is 0. The number of H-pyrrole nitrogens is 1. The number of rotatable bonds is 6. The van der Waals surface area contributed by atoms with Crippen LogP contribution in [0.2, 0.25) is 0 Å². The molecule has 0 unspecified atom stereocenters. The number of unbranched alkanes of at least 4 members (excludes halogenated alkanes) is 1. The highest BCUT2D eigenvalue weighted by molar-refractivity contribution is 5.77. The third kappa shape index (κ3) is 3.66. The fraction of sp³-hybridized carbons (Fsp3) is 0.636. The molecule has 0 fully saturated rings. The van der Waals surface area contributed by atoms with Crippen LogP contribution in [0.1, 0.15) is 37.0 Å². The van der Waals surface area contributed by atoms with Gasteiger partial charge in [0.1, 0.15) is 5.82 Å². The Morgan fingerprint density at radius 2 is 2.31 bits per heavy atom. The Labute approximate surface area is 95.8 Å². The molecule has 4 N–H and O–H groups in total. The molecule has 0 atom stereocenters. The van der Waals surface area contributed by atoms with Crippen molar-refractivity contribution in [1.29, 1.82) is 0 Å². The highest BCUT2D eigenvalue weighted by atomic mass is 16.1. The highest BCUT2D eigenvalue weighted by Gasteiger charge is 2.08. The van der Waals surface area contributed by atoms with E-state index in [0.717, 1.165) is 30.8 Å². The van der Waals surface area contributed by atoms with E-state index in [1.165, 1.54) is 0 Å². The second-order valence-electron chi connectivity index (χ2n) is 3.84. The summed E-state index contributed by atoms with van der Waals surface area (Å²) in [5.74, 6) is 0.692. The van der Waals surface area contributed by atoms with E-state index in [0.29, 0.717) is 18.8 Å². The van der Waals surface area contributed by atoms with E-state index < -0.39 is 0 Å². The minimum absolute atomic E-state index is 0.00534. The number of nitrogens with zero attached hydrogens (tertiary/aromatic N) is 1. The Bertz CT molecular complexity index is 346. The van der Waals surface area contributed by atoms with Crippen LogP contribution in [0.4, 0.5) is 0 Å². The number of imidazole rings is 1. The SMILES string of the molecule is CCCCNC(=O)Cc1nc(CN)c(C)[nH]1. The molecule has 0 radical (unpaired) electrons. The molecule has 0 aliphatic carbocycles. The maximum Gasteiger partial charge on any atom is 0.227 e.